The summed E-state index contributed by atoms with van der Waals surface area (Å²) >= 11 is 0. The van der Waals surface area contributed by atoms with Gasteiger partial charge in [-0.25, -0.2) is 0 Å². The molecule has 140 valence electrons. The highest BCUT2D eigenvalue weighted by atomic mass is 14.5. The number of fused-ring (bicyclic) bond motifs is 1. The Morgan fingerprint density at radius 2 is 2.00 bits per heavy atom. The van der Waals surface area contributed by atoms with Crippen LogP contribution in [0.5, 0.6) is 0 Å². The molecule has 0 aromatic carbocycles. The lowest BCUT2D eigenvalue weighted by molar-refractivity contribution is 0.0961. The highest BCUT2D eigenvalue weighted by Gasteiger charge is 2.50. The van der Waals surface area contributed by atoms with E-state index >= 15 is 0 Å². The molecular formula is C25H40. The van der Waals surface area contributed by atoms with Gasteiger partial charge in [-0.15, -0.1) is 0 Å². The van der Waals surface area contributed by atoms with Crippen LogP contribution in [0.4, 0.5) is 0 Å². The first kappa shape index (κ1) is 19.0. The second-order valence-corrected chi connectivity index (χ2v) is 9.89. The van der Waals surface area contributed by atoms with Gasteiger partial charge in [0, 0.05) is 0 Å². The Bertz CT molecular complexity index is 563. The molecule has 0 radical (unpaired) electrons. The van der Waals surface area contributed by atoms with Gasteiger partial charge in [-0.2, -0.15) is 0 Å². The normalized spacial score (nSPS) is 43.5. The Morgan fingerprint density at radius 1 is 1.24 bits per heavy atom. The summed E-state index contributed by atoms with van der Waals surface area (Å²) in [5.74, 6) is 4.12. The van der Waals surface area contributed by atoms with Gasteiger partial charge in [0.1, 0.15) is 0 Å². The van der Waals surface area contributed by atoms with E-state index in [4.69, 9.17) is 0 Å². The van der Waals surface area contributed by atoms with Crippen molar-refractivity contribution in [1.29, 1.82) is 0 Å². The third-order valence-electron chi connectivity index (χ3n) is 8.20. The van der Waals surface area contributed by atoms with E-state index in [0.717, 1.165) is 23.7 Å². The smallest absolute Gasteiger partial charge is 0.0143 e. The fourth-order valence-electron chi connectivity index (χ4n) is 6.53. The fourth-order valence-corrected chi connectivity index (χ4v) is 6.53. The van der Waals surface area contributed by atoms with Crippen molar-refractivity contribution >= 4 is 0 Å². The monoisotopic (exact) mass is 340 g/mol. The molecule has 0 amide bonds. The van der Waals surface area contributed by atoms with Crippen molar-refractivity contribution in [3.8, 4) is 0 Å². The molecule has 0 heterocycles. The fraction of sp³-hybridized carbons (Fsp3) is 0.760. The SMILES string of the molecule is C=C1/C(=C\C=C2/CCC[C@@]3(C)C2CC[C@@H]3[C@H](C)CC)C[C@@H](C)C[C@@H]1C. The summed E-state index contributed by atoms with van der Waals surface area (Å²) in [5.41, 5.74) is 5.24. The second kappa shape index (κ2) is 7.45. The average Bonchev–Trinajstić information content (AvgIpc) is 2.93. The van der Waals surface area contributed by atoms with E-state index in [1.807, 2.05) is 0 Å². The van der Waals surface area contributed by atoms with Gasteiger partial charge < -0.3 is 0 Å². The number of allylic oxidation sites excluding steroid dienone is 5. The van der Waals surface area contributed by atoms with E-state index in [1.54, 1.807) is 5.57 Å². The quantitative estimate of drug-likeness (QED) is 0.493. The van der Waals surface area contributed by atoms with E-state index in [9.17, 15) is 0 Å². The van der Waals surface area contributed by atoms with Crippen LogP contribution in [0.3, 0.4) is 0 Å². The van der Waals surface area contributed by atoms with E-state index in [1.165, 1.54) is 62.5 Å². The molecule has 0 aromatic rings. The van der Waals surface area contributed by atoms with Crippen LogP contribution >= 0.6 is 0 Å². The Balaban J connectivity index is 1.82. The van der Waals surface area contributed by atoms with Crippen LogP contribution in [-0.4, -0.2) is 0 Å². The molecule has 0 bridgehead atoms. The summed E-state index contributed by atoms with van der Waals surface area (Å²) in [6.45, 7) is 16.6. The van der Waals surface area contributed by atoms with Crippen molar-refractivity contribution in [3.63, 3.8) is 0 Å². The topological polar surface area (TPSA) is 0 Å². The molecule has 0 N–H and O–H groups in total. The van der Waals surface area contributed by atoms with Crippen molar-refractivity contribution in [3.05, 3.63) is 35.5 Å². The minimum Gasteiger partial charge on any atom is -0.0953 e. The first-order valence-electron chi connectivity index (χ1n) is 11.0. The Hall–Kier alpha value is -0.780. The van der Waals surface area contributed by atoms with Crippen molar-refractivity contribution in [2.75, 3.05) is 0 Å². The lowest BCUT2D eigenvalue weighted by Gasteiger charge is -2.44. The minimum atomic E-state index is 0.558. The summed E-state index contributed by atoms with van der Waals surface area (Å²) in [4.78, 5) is 0. The lowest BCUT2D eigenvalue weighted by Crippen LogP contribution is -2.35. The maximum atomic E-state index is 4.40. The molecule has 3 aliphatic rings. The third kappa shape index (κ3) is 3.56. The summed E-state index contributed by atoms with van der Waals surface area (Å²) in [6, 6.07) is 0. The molecule has 3 aliphatic carbocycles. The van der Waals surface area contributed by atoms with Crippen LogP contribution in [0.2, 0.25) is 0 Å². The number of hydrogen-bond acceptors (Lipinski definition) is 0. The summed E-state index contributed by atoms with van der Waals surface area (Å²) in [7, 11) is 0. The maximum absolute atomic E-state index is 4.40. The number of hydrogen-bond donors (Lipinski definition) is 0. The highest BCUT2D eigenvalue weighted by Crippen LogP contribution is 2.59. The molecule has 0 nitrogen and oxygen atoms in total. The van der Waals surface area contributed by atoms with Crippen molar-refractivity contribution in [2.45, 2.75) is 86.0 Å². The molecule has 0 aliphatic heterocycles. The average molecular weight is 341 g/mol. The van der Waals surface area contributed by atoms with Crippen LogP contribution in [0.15, 0.2) is 35.5 Å². The van der Waals surface area contributed by atoms with Gasteiger partial charge in [0.15, 0.2) is 0 Å². The zero-order valence-electron chi connectivity index (χ0n) is 17.4. The molecule has 3 saturated carbocycles. The molecule has 3 fully saturated rings. The van der Waals surface area contributed by atoms with Gasteiger partial charge in [-0.1, -0.05) is 65.3 Å². The van der Waals surface area contributed by atoms with Gasteiger partial charge in [0.25, 0.3) is 0 Å². The summed E-state index contributed by atoms with van der Waals surface area (Å²) < 4.78 is 0. The Kier molecular flexibility index (Phi) is 5.66. The standard InChI is InChI=1S/C25H40/c1-7-18(3)23-12-13-24-21(9-8-14-25(23,24)6)10-11-22-16-17(2)15-19(4)20(22)5/h10-11,17-19,23-24H,5,7-9,12-16H2,1-4,6H3/b21-10+,22-11-/t17-,18+,19-,23+,24?,25+/m0/s1. The zero-order chi connectivity index (χ0) is 18.2. The molecular weight excluding hydrogens is 300 g/mol. The molecule has 0 spiro atoms. The van der Waals surface area contributed by atoms with Crippen molar-refractivity contribution < 1.29 is 0 Å². The van der Waals surface area contributed by atoms with Crippen LogP contribution in [0, 0.1) is 35.0 Å². The van der Waals surface area contributed by atoms with Gasteiger partial charge in [-0.05, 0) is 91.1 Å². The Labute approximate surface area is 156 Å². The summed E-state index contributed by atoms with van der Waals surface area (Å²) in [5, 5.41) is 0. The van der Waals surface area contributed by atoms with Crippen LogP contribution in [0.1, 0.15) is 86.0 Å². The zero-order valence-corrected chi connectivity index (χ0v) is 17.4. The number of rotatable bonds is 3. The van der Waals surface area contributed by atoms with Gasteiger partial charge in [0.05, 0.1) is 0 Å². The van der Waals surface area contributed by atoms with Gasteiger partial charge >= 0.3 is 0 Å². The molecule has 1 unspecified atom stereocenters. The third-order valence-corrected chi connectivity index (χ3v) is 8.20. The van der Waals surface area contributed by atoms with Crippen LogP contribution in [0.25, 0.3) is 0 Å². The Morgan fingerprint density at radius 3 is 2.72 bits per heavy atom. The lowest BCUT2D eigenvalue weighted by atomic mass is 9.61. The first-order chi connectivity index (χ1) is 11.9. The van der Waals surface area contributed by atoms with Crippen molar-refractivity contribution in [1.82, 2.24) is 0 Å². The molecule has 0 aromatic heterocycles. The van der Waals surface area contributed by atoms with Crippen LogP contribution < -0.4 is 0 Å². The molecule has 25 heavy (non-hydrogen) atoms. The minimum absolute atomic E-state index is 0.558. The first-order valence-corrected chi connectivity index (χ1v) is 11.0. The largest absolute Gasteiger partial charge is 0.0953 e. The molecule has 0 saturated heterocycles. The van der Waals surface area contributed by atoms with Gasteiger partial charge in [-0.3, -0.25) is 0 Å². The molecule has 6 atom stereocenters. The van der Waals surface area contributed by atoms with Crippen LogP contribution in [-0.2, 0) is 0 Å². The van der Waals surface area contributed by atoms with E-state index in [2.05, 4.69) is 53.3 Å². The molecule has 0 heteroatoms. The summed E-state index contributed by atoms with van der Waals surface area (Å²) in [6.07, 6.45) is 15.9. The van der Waals surface area contributed by atoms with E-state index < -0.39 is 0 Å². The predicted octanol–water partition coefficient (Wildman–Crippen LogP) is 7.72. The van der Waals surface area contributed by atoms with E-state index in [-0.39, 0.29) is 0 Å². The van der Waals surface area contributed by atoms with Crippen molar-refractivity contribution in [2.24, 2.45) is 35.0 Å². The highest BCUT2D eigenvalue weighted by molar-refractivity contribution is 5.37. The predicted molar refractivity (Wildman–Crippen MR) is 110 cm³/mol. The van der Waals surface area contributed by atoms with E-state index in [0.29, 0.717) is 11.3 Å². The second-order valence-electron chi connectivity index (χ2n) is 9.89. The molecule has 3 rings (SSSR count). The van der Waals surface area contributed by atoms with Gasteiger partial charge in [0.2, 0.25) is 0 Å². The maximum Gasteiger partial charge on any atom is -0.0143 e.